The summed E-state index contributed by atoms with van der Waals surface area (Å²) in [7, 11) is 1.29. The second-order valence-electron chi connectivity index (χ2n) is 7.17. The number of nitrogens with one attached hydrogen (secondary N) is 2. The zero-order valence-corrected chi connectivity index (χ0v) is 18.0. The Balaban J connectivity index is 2.06. The number of methoxy groups -OCH3 is 1. The molecule has 2 N–H and O–H groups in total. The smallest absolute Gasteiger partial charge is 0.408 e. The Labute approximate surface area is 183 Å². The third-order valence-electron chi connectivity index (χ3n) is 4.75. The van der Waals surface area contributed by atoms with Crippen LogP contribution in [0.15, 0.2) is 60.7 Å². The maximum absolute atomic E-state index is 13.0. The number of hydrogen-bond acceptors (Lipinski definition) is 5. The Bertz CT molecular complexity index is 826. The summed E-state index contributed by atoms with van der Waals surface area (Å²) in [6, 6.07) is 16.9. The molecule has 0 saturated heterocycles. The van der Waals surface area contributed by atoms with Gasteiger partial charge in [-0.25, -0.2) is 9.59 Å². The summed E-state index contributed by atoms with van der Waals surface area (Å²) in [5, 5.41) is 5.35. The minimum Gasteiger partial charge on any atom is -0.467 e. The van der Waals surface area contributed by atoms with Crippen molar-refractivity contribution in [2.75, 3.05) is 7.11 Å². The number of rotatable bonds is 11. The molecule has 2 aromatic rings. The molecule has 0 radical (unpaired) electrons. The normalized spacial score (nSPS) is 12.3. The molecule has 0 fully saturated rings. The van der Waals surface area contributed by atoms with Crippen molar-refractivity contribution in [2.45, 2.75) is 51.3 Å². The van der Waals surface area contributed by atoms with Gasteiger partial charge in [0.15, 0.2) is 0 Å². The maximum atomic E-state index is 13.0. The number of benzene rings is 2. The molecule has 2 aromatic carbocycles. The molecule has 2 amide bonds. The summed E-state index contributed by atoms with van der Waals surface area (Å²) in [6.45, 7) is 2.09. The first-order valence-electron chi connectivity index (χ1n) is 10.4. The Hall–Kier alpha value is -3.35. The Kier molecular flexibility index (Phi) is 10.1. The summed E-state index contributed by atoms with van der Waals surface area (Å²) in [5.41, 5.74) is 1.71. The average molecular weight is 427 g/mol. The number of amides is 2. The van der Waals surface area contributed by atoms with E-state index in [4.69, 9.17) is 9.47 Å². The minimum absolute atomic E-state index is 0.0909. The molecule has 0 saturated carbocycles. The SMILES string of the molecule is CCCC[C@H](NC(=O)[C@H](Cc1ccccc1)NC(=O)OCc1ccccc1)C(=O)OC. The van der Waals surface area contributed by atoms with E-state index >= 15 is 0 Å². The van der Waals surface area contributed by atoms with E-state index in [9.17, 15) is 14.4 Å². The fraction of sp³-hybridized carbons (Fsp3) is 0.375. The molecule has 31 heavy (non-hydrogen) atoms. The molecule has 0 aliphatic carbocycles. The van der Waals surface area contributed by atoms with Gasteiger partial charge in [0.25, 0.3) is 0 Å². The van der Waals surface area contributed by atoms with Crippen molar-refractivity contribution < 1.29 is 23.9 Å². The first kappa shape index (κ1) is 23.9. The predicted octanol–water partition coefficient (Wildman–Crippen LogP) is 3.37. The van der Waals surface area contributed by atoms with Crippen LogP contribution in [0.1, 0.15) is 37.3 Å². The van der Waals surface area contributed by atoms with E-state index in [1.54, 1.807) is 0 Å². The van der Waals surface area contributed by atoms with Gasteiger partial charge in [0.05, 0.1) is 7.11 Å². The molecular weight excluding hydrogens is 396 g/mol. The first-order valence-corrected chi connectivity index (χ1v) is 10.4. The monoisotopic (exact) mass is 426 g/mol. The number of alkyl carbamates (subject to hydrolysis) is 1. The lowest BCUT2D eigenvalue weighted by molar-refractivity contribution is -0.145. The van der Waals surface area contributed by atoms with Crippen LogP contribution in [-0.2, 0) is 32.1 Å². The van der Waals surface area contributed by atoms with E-state index < -0.39 is 30.1 Å². The van der Waals surface area contributed by atoms with Crippen molar-refractivity contribution in [1.29, 1.82) is 0 Å². The molecule has 0 aliphatic rings. The summed E-state index contributed by atoms with van der Waals surface area (Å²) in [4.78, 5) is 37.4. The van der Waals surface area contributed by atoms with Gasteiger partial charge in [-0.1, -0.05) is 80.4 Å². The summed E-state index contributed by atoms with van der Waals surface area (Å²) < 4.78 is 10.1. The van der Waals surface area contributed by atoms with E-state index in [2.05, 4.69) is 10.6 Å². The highest BCUT2D eigenvalue weighted by atomic mass is 16.5. The van der Waals surface area contributed by atoms with Crippen LogP contribution >= 0.6 is 0 Å². The van der Waals surface area contributed by atoms with Crippen molar-refractivity contribution in [1.82, 2.24) is 10.6 Å². The molecule has 166 valence electrons. The number of carbonyl (C=O) groups excluding carboxylic acids is 3. The number of esters is 1. The fourth-order valence-electron chi connectivity index (χ4n) is 3.04. The van der Waals surface area contributed by atoms with Gasteiger partial charge in [-0.15, -0.1) is 0 Å². The highest BCUT2D eigenvalue weighted by Crippen LogP contribution is 2.08. The van der Waals surface area contributed by atoms with E-state index in [0.717, 1.165) is 24.0 Å². The predicted molar refractivity (Wildman–Crippen MR) is 117 cm³/mol. The average Bonchev–Trinajstić information content (AvgIpc) is 2.80. The first-order chi connectivity index (χ1) is 15.0. The standard InChI is InChI=1S/C24H30N2O5/c1-3-4-15-20(23(28)30-2)25-22(27)21(16-18-11-7-5-8-12-18)26-24(29)31-17-19-13-9-6-10-14-19/h5-14,20-21H,3-4,15-17H2,1-2H3,(H,25,27)(H,26,29)/t20-,21-/m0/s1. The second-order valence-corrected chi connectivity index (χ2v) is 7.17. The molecule has 2 rings (SSSR count). The molecule has 2 atom stereocenters. The van der Waals surface area contributed by atoms with Gasteiger partial charge in [-0.05, 0) is 17.5 Å². The Morgan fingerprint density at radius 2 is 1.48 bits per heavy atom. The summed E-state index contributed by atoms with van der Waals surface area (Å²) in [6.07, 6.45) is 1.65. The zero-order valence-electron chi connectivity index (χ0n) is 18.0. The van der Waals surface area contributed by atoms with E-state index in [1.165, 1.54) is 7.11 Å². The maximum Gasteiger partial charge on any atom is 0.408 e. The summed E-state index contributed by atoms with van der Waals surface area (Å²) in [5.74, 6) is -0.973. The topological polar surface area (TPSA) is 93.7 Å². The Morgan fingerprint density at radius 3 is 2.06 bits per heavy atom. The molecule has 0 unspecified atom stereocenters. The van der Waals surface area contributed by atoms with E-state index in [0.29, 0.717) is 6.42 Å². The Morgan fingerprint density at radius 1 is 0.871 bits per heavy atom. The number of ether oxygens (including phenoxy) is 2. The molecule has 0 aliphatic heterocycles. The van der Waals surface area contributed by atoms with E-state index in [-0.39, 0.29) is 13.0 Å². The third-order valence-corrected chi connectivity index (χ3v) is 4.75. The lowest BCUT2D eigenvalue weighted by atomic mass is 10.0. The van der Waals surface area contributed by atoms with Gasteiger partial charge in [-0.2, -0.15) is 0 Å². The van der Waals surface area contributed by atoms with Gasteiger partial charge < -0.3 is 20.1 Å². The molecular formula is C24H30N2O5. The van der Waals surface area contributed by atoms with Crippen molar-refractivity contribution >= 4 is 18.0 Å². The largest absolute Gasteiger partial charge is 0.467 e. The van der Waals surface area contributed by atoms with Crippen LogP contribution in [0.25, 0.3) is 0 Å². The van der Waals surface area contributed by atoms with Crippen LogP contribution in [0.4, 0.5) is 4.79 Å². The van der Waals surface area contributed by atoms with E-state index in [1.807, 2.05) is 67.6 Å². The molecule has 0 spiro atoms. The third kappa shape index (κ3) is 8.50. The van der Waals surface area contributed by atoms with Gasteiger partial charge in [0.1, 0.15) is 18.7 Å². The molecule has 0 aromatic heterocycles. The highest BCUT2D eigenvalue weighted by Gasteiger charge is 2.27. The van der Waals surface area contributed by atoms with Crippen LogP contribution in [0.5, 0.6) is 0 Å². The van der Waals surface area contributed by atoms with Crippen molar-refractivity contribution in [3.05, 3.63) is 71.8 Å². The molecule has 0 bridgehead atoms. The van der Waals surface area contributed by atoms with Gasteiger partial charge in [-0.3, -0.25) is 4.79 Å². The lowest BCUT2D eigenvalue weighted by Crippen LogP contribution is -2.52. The van der Waals surface area contributed by atoms with Crippen LogP contribution in [-0.4, -0.2) is 37.2 Å². The van der Waals surface area contributed by atoms with Crippen LogP contribution in [0.2, 0.25) is 0 Å². The molecule has 7 heteroatoms. The molecule has 7 nitrogen and oxygen atoms in total. The number of hydrogen-bond donors (Lipinski definition) is 2. The fourth-order valence-corrected chi connectivity index (χ4v) is 3.04. The van der Waals surface area contributed by atoms with Crippen molar-refractivity contribution in [2.24, 2.45) is 0 Å². The van der Waals surface area contributed by atoms with Crippen LogP contribution in [0, 0.1) is 0 Å². The quantitative estimate of drug-likeness (QED) is 0.538. The van der Waals surface area contributed by atoms with Gasteiger partial charge in [0.2, 0.25) is 5.91 Å². The summed E-state index contributed by atoms with van der Waals surface area (Å²) >= 11 is 0. The van der Waals surface area contributed by atoms with Crippen molar-refractivity contribution in [3.63, 3.8) is 0 Å². The highest BCUT2D eigenvalue weighted by molar-refractivity contribution is 5.89. The minimum atomic E-state index is -0.903. The lowest BCUT2D eigenvalue weighted by Gasteiger charge is -2.22. The zero-order chi connectivity index (χ0) is 22.5. The van der Waals surface area contributed by atoms with Crippen LogP contribution in [0.3, 0.4) is 0 Å². The second kappa shape index (κ2) is 13.1. The van der Waals surface area contributed by atoms with Gasteiger partial charge in [0, 0.05) is 6.42 Å². The molecule has 0 heterocycles. The number of carbonyl (C=O) groups is 3. The van der Waals surface area contributed by atoms with Crippen molar-refractivity contribution in [3.8, 4) is 0 Å². The van der Waals surface area contributed by atoms with Gasteiger partial charge >= 0.3 is 12.1 Å². The number of unbranched alkanes of at least 4 members (excludes halogenated alkanes) is 1. The van der Waals surface area contributed by atoms with Crippen LogP contribution < -0.4 is 10.6 Å².